The molecule has 1 aliphatic rings. The van der Waals surface area contributed by atoms with Crippen LogP contribution in [0.2, 0.25) is 0 Å². The summed E-state index contributed by atoms with van der Waals surface area (Å²) in [6.07, 6.45) is 0. The van der Waals surface area contributed by atoms with E-state index in [-0.39, 0.29) is 5.96 Å². The Hall–Kier alpha value is -0.970. The zero-order valence-electron chi connectivity index (χ0n) is 7.23. The summed E-state index contributed by atoms with van der Waals surface area (Å²) in [6, 6.07) is 0. The summed E-state index contributed by atoms with van der Waals surface area (Å²) in [5.74, 6) is 0.597. The Balaban J connectivity index is 2.52. The van der Waals surface area contributed by atoms with E-state index in [2.05, 4.69) is 12.1 Å². The van der Waals surface area contributed by atoms with Crippen LogP contribution in [-0.4, -0.2) is 42.4 Å². The van der Waals surface area contributed by atoms with Crippen molar-refractivity contribution in [1.82, 2.24) is 4.90 Å². The van der Waals surface area contributed by atoms with Gasteiger partial charge in [-0.25, -0.2) is 0 Å². The number of nitrogens with two attached hydrogens (primary N) is 1. The van der Waals surface area contributed by atoms with Crippen molar-refractivity contribution in [3.05, 3.63) is 0 Å². The van der Waals surface area contributed by atoms with Gasteiger partial charge in [0, 0.05) is 13.1 Å². The van der Waals surface area contributed by atoms with Crippen LogP contribution in [0.1, 0.15) is 6.92 Å². The number of oxime groups is 1. The van der Waals surface area contributed by atoms with Gasteiger partial charge in [0.15, 0.2) is 0 Å². The van der Waals surface area contributed by atoms with Crippen molar-refractivity contribution >= 4 is 5.96 Å². The zero-order valence-corrected chi connectivity index (χ0v) is 7.23. The fraction of sp³-hybridized carbons (Fsp3) is 0.857. The first kappa shape index (κ1) is 9.12. The van der Waals surface area contributed by atoms with Crippen LogP contribution in [0.15, 0.2) is 5.16 Å². The summed E-state index contributed by atoms with van der Waals surface area (Å²) >= 11 is 0. The van der Waals surface area contributed by atoms with Crippen molar-refractivity contribution in [2.75, 3.05) is 26.3 Å². The molecule has 1 rings (SSSR count). The van der Waals surface area contributed by atoms with Crippen LogP contribution in [0.5, 0.6) is 0 Å². The Kier molecular flexibility index (Phi) is 3.16. The molecule has 0 aliphatic carbocycles. The first-order valence-electron chi connectivity index (χ1n) is 4.04. The van der Waals surface area contributed by atoms with E-state index in [1.54, 1.807) is 0 Å². The topological polar surface area (TPSA) is 71.1 Å². The summed E-state index contributed by atoms with van der Waals surface area (Å²) in [4.78, 5) is 1.82. The van der Waals surface area contributed by atoms with Gasteiger partial charge in [-0.2, -0.15) is 0 Å². The standard InChI is InChI=1S/C7H15N3O2/c1-6-4-10(7(8)9-11)2-3-12-5-6/h6,11H,2-5H2,1H3,(H2,8,9). The Morgan fingerprint density at radius 1 is 1.75 bits per heavy atom. The van der Waals surface area contributed by atoms with Crippen LogP contribution in [-0.2, 0) is 4.74 Å². The predicted octanol–water partition coefficient (Wildman–Crippen LogP) is -0.341. The Bertz CT molecular complexity index is 172. The van der Waals surface area contributed by atoms with Gasteiger partial charge in [0.1, 0.15) is 0 Å². The average Bonchev–Trinajstić information content (AvgIpc) is 2.28. The molecule has 1 heterocycles. The molecular weight excluding hydrogens is 158 g/mol. The molecular formula is C7H15N3O2. The Morgan fingerprint density at radius 2 is 2.50 bits per heavy atom. The highest BCUT2D eigenvalue weighted by molar-refractivity contribution is 5.77. The van der Waals surface area contributed by atoms with Gasteiger partial charge in [0.05, 0.1) is 13.2 Å². The molecule has 12 heavy (non-hydrogen) atoms. The summed E-state index contributed by atoms with van der Waals surface area (Å²) < 4.78 is 5.30. The summed E-state index contributed by atoms with van der Waals surface area (Å²) in [7, 11) is 0. The van der Waals surface area contributed by atoms with E-state index in [4.69, 9.17) is 15.7 Å². The fourth-order valence-electron chi connectivity index (χ4n) is 1.25. The fourth-order valence-corrected chi connectivity index (χ4v) is 1.25. The lowest BCUT2D eigenvalue weighted by atomic mass is 10.2. The van der Waals surface area contributed by atoms with Crippen LogP contribution in [0.25, 0.3) is 0 Å². The van der Waals surface area contributed by atoms with E-state index < -0.39 is 0 Å². The number of hydrogen-bond acceptors (Lipinski definition) is 3. The smallest absolute Gasteiger partial charge is 0.233 e. The zero-order chi connectivity index (χ0) is 8.97. The second-order valence-electron chi connectivity index (χ2n) is 3.08. The van der Waals surface area contributed by atoms with E-state index in [1.807, 2.05) is 4.90 Å². The van der Waals surface area contributed by atoms with Gasteiger partial charge in [-0.15, -0.1) is 0 Å². The van der Waals surface area contributed by atoms with Gasteiger partial charge in [-0.3, -0.25) is 0 Å². The van der Waals surface area contributed by atoms with E-state index in [0.717, 1.165) is 13.2 Å². The second kappa shape index (κ2) is 4.15. The first-order valence-corrected chi connectivity index (χ1v) is 4.04. The lowest BCUT2D eigenvalue weighted by Crippen LogP contribution is -2.40. The highest BCUT2D eigenvalue weighted by Gasteiger charge is 2.16. The maximum absolute atomic E-state index is 8.45. The molecule has 0 saturated carbocycles. The molecule has 1 fully saturated rings. The Morgan fingerprint density at radius 3 is 3.17 bits per heavy atom. The molecule has 1 saturated heterocycles. The van der Waals surface area contributed by atoms with E-state index in [1.165, 1.54) is 0 Å². The predicted molar refractivity (Wildman–Crippen MR) is 45.0 cm³/mol. The van der Waals surface area contributed by atoms with Gasteiger partial charge >= 0.3 is 0 Å². The largest absolute Gasteiger partial charge is 0.408 e. The van der Waals surface area contributed by atoms with Crippen LogP contribution in [0, 0.1) is 5.92 Å². The molecule has 70 valence electrons. The van der Waals surface area contributed by atoms with Crippen molar-refractivity contribution in [2.24, 2.45) is 16.8 Å². The third kappa shape index (κ3) is 2.27. The van der Waals surface area contributed by atoms with Gasteiger partial charge in [-0.1, -0.05) is 12.1 Å². The molecule has 0 amide bonds. The van der Waals surface area contributed by atoms with Crippen LogP contribution < -0.4 is 5.73 Å². The van der Waals surface area contributed by atoms with Crippen LogP contribution in [0.3, 0.4) is 0 Å². The molecule has 1 unspecified atom stereocenters. The van der Waals surface area contributed by atoms with Crippen LogP contribution in [0.4, 0.5) is 0 Å². The summed E-state index contributed by atoms with van der Waals surface area (Å²) in [5.41, 5.74) is 5.45. The van der Waals surface area contributed by atoms with Crippen molar-refractivity contribution in [3.8, 4) is 0 Å². The molecule has 0 aromatic rings. The molecule has 5 heteroatoms. The van der Waals surface area contributed by atoms with Crippen LogP contribution >= 0.6 is 0 Å². The maximum Gasteiger partial charge on any atom is 0.233 e. The molecule has 5 nitrogen and oxygen atoms in total. The number of guanidine groups is 1. The number of nitrogens with zero attached hydrogens (tertiary/aromatic N) is 2. The average molecular weight is 173 g/mol. The SMILES string of the molecule is CC1COCCN(/C(N)=N/O)C1. The van der Waals surface area contributed by atoms with E-state index >= 15 is 0 Å². The molecule has 0 aromatic carbocycles. The lowest BCUT2D eigenvalue weighted by molar-refractivity contribution is 0.127. The highest BCUT2D eigenvalue weighted by Crippen LogP contribution is 2.04. The van der Waals surface area contributed by atoms with Gasteiger partial charge in [0.2, 0.25) is 5.96 Å². The number of ether oxygens (including phenoxy) is 1. The molecule has 0 bridgehead atoms. The molecule has 0 spiro atoms. The summed E-state index contributed by atoms with van der Waals surface area (Å²) in [5, 5.41) is 11.4. The minimum atomic E-state index is 0.173. The van der Waals surface area contributed by atoms with Gasteiger partial charge in [-0.05, 0) is 5.92 Å². The van der Waals surface area contributed by atoms with E-state index in [0.29, 0.717) is 19.1 Å². The first-order chi connectivity index (χ1) is 5.74. The monoisotopic (exact) mass is 173 g/mol. The Labute approximate surface area is 71.8 Å². The van der Waals surface area contributed by atoms with Crippen molar-refractivity contribution < 1.29 is 9.94 Å². The van der Waals surface area contributed by atoms with Crippen molar-refractivity contribution in [2.45, 2.75) is 6.92 Å². The van der Waals surface area contributed by atoms with Crippen molar-refractivity contribution in [3.63, 3.8) is 0 Å². The normalized spacial score (nSPS) is 26.9. The third-order valence-corrected chi connectivity index (χ3v) is 1.87. The maximum atomic E-state index is 8.45. The summed E-state index contributed by atoms with van der Waals surface area (Å²) in [6.45, 7) is 4.94. The van der Waals surface area contributed by atoms with Crippen molar-refractivity contribution in [1.29, 1.82) is 0 Å². The minimum Gasteiger partial charge on any atom is -0.408 e. The molecule has 1 atom stereocenters. The van der Waals surface area contributed by atoms with Gasteiger partial charge < -0.3 is 20.6 Å². The molecule has 3 N–H and O–H groups in total. The second-order valence-corrected chi connectivity index (χ2v) is 3.08. The minimum absolute atomic E-state index is 0.173. The third-order valence-electron chi connectivity index (χ3n) is 1.87. The lowest BCUT2D eigenvalue weighted by Gasteiger charge is -2.21. The van der Waals surface area contributed by atoms with Gasteiger partial charge in [0.25, 0.3) is 0 Å². The van der Waals surface area contributed by atoms with E-state index in [9.17, 15) is 0 Å². The molecule has 1 aliphatic heterocycles. The number of hydrogen-bond donors (Lipinski definition) is 2. The molecule has 0 aromatic heterocycles. The quantitative estimate of drug-likeness (QED) is 0.227. The molecule has 0 radical (unpaired) electrons. The number of rotatable bonds is 0. The highest BCUT2D eigenvalue weighted by atomic mass is 16.5.